The number of hydrogen-bond donors (Lipinski definition) is 0. The van der Waals surface area contributed by atoms with Gasteiger partial charge in [-0.1, -0.05) is 21.9 Å². The average Bonchev–Trinajstić information content (AvgIpc) is 1.37. The van der Waals surface area contributed by atoms with Crippen molar-refractivity contribution in [1.82, 2.24) is 0 Å². The third-order valence-corrected chi connectivity index (χ3v) is 0.401. The normalized spacial score (nSPS) is 4.00. The minimum atomic E-state index is 0. The fourth-order valence-corrected chi connectivity index (χ4v) is 0. The Labute approximate surface area is 50.8 Å². The summed E-state index contributed by atoms with van der Waals surface area (Å²) < 4.78 is 0. The van der Waals surface area contributed by atoms with Gasteiger partial charge in [-0.3, -0.25) is 0 Å². The smallest absolute Gasteiger partial charge is 0.0642 e. The molecule has 0 saturated carbocycles. The lowest BCUT2D eigenvalue weighted by molar-refractivity contribution is 2.02. The van der Waals surface area contributed by atoms with Gasteiger partial charge in [0.15, 0.2) is 0 Å². The number of terminal acetylenes is 1. The SMILES string of the molecule is Br.C#CCBr. The predicted octanol–water partition coefficient (Wildman–Crippen LogP) is 1.59. The van der Waals surface area contributed by atoms with Gasteiger partial charge in [-0.15, -0.1) is 23.4 Å². The van der Waals surface area contributed by atoms with E-state index in [0.29, 0.717) is 5.33 Å². The van der Waals surface area contributed by atoms with Gasteiger partial charge in [-0.25, -0.2) is 0 Å². The molecule has 0 aromatic heterocycles. The van der Waals surface area contributed by atoms with Crippen LogP contribution in [0.3, 0.4) is 0 Å². The van der Waals surface area contributed by atoms with Crippen molar-refractivity contribution in [2.45, 2.75) is 0 Å². The Balaban J connectivity index is 0. The molecular formula is C3H4Br2. The zero-order chi connectivity index (χ0) is 3.41. The fourth-order valence-electron chi connectivity index (χ4n) is 0. The summed E-state index contributed by atoms with van der Waals surface area (Å²) in [7, 11) is 0. The number of hydrogen-bond acceptors (Lipinski definition) is 0. The van der Waals surface area contributed by atoms with Gasteiger partial charge in [0.25, 0.3) is 0 Å². The second-order valence-electron chi connectivity index (χ2n) is 0.338. The summed E-state index contributed by atoms with van der Waals surface area (Å²) in [6, 6.07) is 0. The Hall–Kier alpha value is 0.520. The van der Waals surface area contributed by atoms with Crippen molar-refractivity contribution in [3.8, 4) is 12.3 Å². The second kappa shape index (κ2) is 8.82. The standard InChI is InChI=1S/C3H3Br.BrH/c1-2-3-4;/h1H,3H2;1H. The van der Waals surface area contributed by atoms with E-state index in [0.717, 1.165) is 0 Å². The highest BCUT2D eigenvalue weighted by molar-refractivity contribution is 9.09. The van der Waals surface area contributed by atoms with Gasteiger partial charge in [0, 0.05) is 0 Å². The molecule has 2 heteroatoms. The monoisotopic (exact) mass is 198 g/mol. The highest BCUT2D eigenvalue weighted by Crippen LogP contribution is 1.68. The first-order valence-electron chi connectivity index (χ1n) is 0.909. The average molecular weight is 200 g/mol. The van der Waals surface area contributed by atoms with Gasteiger partial charge in [0.05, 0.1) is 5.33 Å². The van der Waals surface area contributed by atoms with Crippen molar-refractivity contribution in [3.63, 3.8) is 0 Å². The summed E-state index contributed by atoms with van der Waals surface area (Å²) in [5.41, 5.74) is 0. The maximum absolute atomic E-state index is 4.73. The molecule has 0 spiro atoms. The fraction of sp³-hybridized carbons (Fsp3) is 0.333. The van der Waals surface area contributed by atoms with Crippen LogP contribution in [-0.4, -0.2) is 5.33 Å². The first kappa shape index (κ1) is 9.10. The molecule has 0 fully saturated rings. The summed E-state index contributed by atoms with van der Waals surface area (Å²) in [6.07, 6.45) is 4.73. The lowest BCUT2D eigenvalue weighted by atomic mass is 10.9. The molecule has 5 heavy (non-hydrogen) atoms. The molecule has 0 atom stereocenters. The van der Waals surface area contributed by atoms with Crippen molar-refractivity contribution in [1.29, 1.82) is 0 Å². The lowest BCUT2D eigenvalue weighted by Gasteiger charge is -1.50. The van der Waals surface area contributed by atoms with Crippen LogP contribution in [0.1, 0.15) is 0 Å². The van der Waals surface area contributed by atoms with Gasteiger partial charge in [0.2, 0.25) is 0 Å². The highest BCUT2D eigenvalue weighted by atomic mass is 79.9. The molecule has 0 rings (SSSR count). The Bertz CT molecular complexity index is 34.6. The van der Waals surface area contributed by atoms with Crippen LogP contribution < -0.4 is 0 Å². The topological polar surface area (TPSA) is 0 Å². The minimum Gasteiger partial charge on any atom is -0.119 e. The molecule has 0 saturated heterocycles. The summed E-state index contributed by atoms with van der Waals surface area (Å²) in [5.74, 6) is 2.35. The predicted molar refractivity (Wildman–Crippen MR) is 32.9 cm³/mol. The van der Waals surface area contributed by atoms with Crippen LogP contribution in [-0.2, 0) is 0 Å². The maximum Gasteiger partial charge on any atom is 0.0642 e. The van der Waals surface area contributed by atoms with Crippen LogP contribution in [0, 0.1) is 12.3 Å². The van der Waals surface area contributed by atoms with E-state index >= 15 is 0 Å². The van der Waals surface area contributed by atoms with Crippen molar-refractivity contribution >= 4 is 32.9 Å². The first-order valence-corrected chi connectivity index (χ1v) is 2.03. The minimum absolute atomic E-state index is 0. The van der Waals surface area contributed by atoms with E-state index in [4.69, 9.17) is 6.42 Å². The largest absolute Gasteiger partial charge is 0.119 e. The van der Waals surface area contributed by atoms with E-state index in [9.17, 15) is 0 Å². The zero-order valence-corrected chi connectivity index (χ0v) is 5.87. The van der Waals surface area contributed by atoms with Crippen LogP contribution in [0.25, 0.3) is 0 Å². The Morgan fingerprint density at radius 1 is 1.80 bits per heavy atom. The van der Waals surface area contributed by atoms with Crippen molar-refractivity contribution in [2.24, 2.45) is 0 Å². The van der Waals surface area contributed by atoms with E-state index in [2.05, 4.69) is 21.9 Å². The second-order valence-corrected chi connectivity index (χ2v) is 0.898. The number of alkyl halides is 1. The Morgan fingerprint density at radius 2 is 2.00 bits per heavy atom. The molecule has 0 heterocycles. The third-order valence-electron chi connectivity index (χ3n) is 0.0772. The summed E-state index contributed by atoms with van der Waals surface area (Å²) in [4.78, 5) is 0. The molecule has 0 aliphatic carbocycles. The quantitative estimate of drug-likeness (QED) is 0.411. The molecule has 0 aliphatic heterocycles. The Kier molecular flexibility index (Phi) is 16.1. The van der Waals surface area contributed by atoms with Crippen molar-refractivity contribution < 1.29 is 0 Å². The molecule has 0 unspecified atom stereocenters. The molecule has 0 aliphatic rings. The summed E-state index contributed by atoms with van der Waals surface area (Å²) in [6.45, 7) is 0. The first-order chi connectivity index (χ1) is 1.91. The molecule has 0 amide bonds. The molecule has 0 radical (unpaired) electrons. The van der Waals surface area contributed by atoms with E-state index in [-0.39, 0.29) is 17.0 Å². The van der Waals surface area contributed by atoms with E-state index < -0.39 is 0 Å². The highest BCUT2D eigenvalue weighted by Gasteiger charge is 1.46. The molecule has 0 aromatic rings. The molecule has 30 valence electrons. The van der Waals surface area contributed by atoms with E-state index in [1.165, 1.54) is 0 Å². The lowest BCUT2D eigenvalue weighted by Crippen LogP contribution is -1.45. The van der Waals surface area contributed by atoms with Crippen LogP contribution in [0.4, 0.5) is 0 Å². The van der Waals surface area contributed by atoms with E-state index in [1.54, 1.807) is 0 Å². The maximum atomic E-state index is 4.73. The molecular weight excluding hydrogens is 196 g/mol. The summed E-state index contributed by atoms with van der Waals surface area (Å²) in [5, 5.41) is 0.660. The third kappa shape index (κ3) is 12.4. The molecule has 0 bridgehead atoms. The van der Waals surface area contributed by atoms with E-state index in [1.807, 2.05) is 0 Å². The Morgan fingerprint density at radius 3 is 2.00 bits per heavy atom. The van der Waals surface area contributed by atoms with Gasteiger partial charge in [-0.2, -0.15) is 0 Å². The van der Waals surface area contributed by atoms with Crippen LogP contribution in [0.2, 0.25) is 0 Å². The zero-order valence-electron chi connectivity index (χ0n) is 2.57. The summed E-state index contributed by atoms with van der Waals surface area (Å²) >= 11 is 3.01. The number of rotatable bonds is 0. The van der Waals surface area contributed by atoms with Gasteiger partial charge in [0.1, 0.15) is 0 Å². The van der Waals surface area contributed by atoms with Gasteiger partial charge in [-0.05, 0) is 0 Å². The van der Waals surface area contributed by atoms with Crippen LogP contribution in [0.5, 0.6) is 0 Å². The van der Waals surface area contributed by atoms with Crippen LogP contribution >= 0.6 is 32.9 Å². The van der Waals surface area contributed by atoms with Gasteiger partial charge < -0.3 is 0 Å². The molecule has 0 N–H and O–H groups in total. The van der Waals surface area contributed by atoms with Gasteiger partial charge >= 0.3 is 0 Å². The molecule has 0 aromatic carbocycles. The van der Waals surface area contributed by atoms with Crippen LogP contribution in [0.15, 0.2) is 0 Å². The van der Waals surface area contributed by atoms with Crippen molar-refractivity contribution in [3.05, 3.63) is 0 Å². The molecule has 0 nitrogen and oxygen atoms in total. The van der Waals surface area contributed by atoms with Crippen molar-refractivity contribution in [2.75, 3.05) is 5.33 Å². The number of halogens is 2.